The average molecular weight is 244 g/mol. The van der Waals surface area contributed by atoms with E-state index in [4.69, 9.17) is 9.47 Å². The molecule has 0 N–H and O–H groups in total. The Balaban J connectivity index is 1.85. The van der Waals surface area contributed by atoms with Gasteiger partial charge in [0.2, 0.25) is 0 Å². The van der Waals surface area contributed by atoms with Crippen LogP contribution < -0.4 is 0 Å². The van der Waals surface area contributed by atoms with E-state index < -0.39 is 6.16 Å². The Bertz CT molecular complexity index is 452. The van der Waals surface area contributed by atoms with Crippen molar-refractivity contribution in [1.82, 2.24) is 0 Å². The predicted molar refractivity (Wildman–Crippen MR) is 67.0 cm³/mol. The topological polar surface area (TPSA) is 35.5 Å². The first-order chi connectivity index (χ1) is 8.84. The summed E-state index contributed by atoms with van der Waals surface area (Å²) in [5.41, 5.74) is 1.01. The Morgan fingerprint density at radius 2 is 1.94 bits per heavy atom. The van der Waals surface area contributed by atoms with E-state index >= 15 is 0 Å². The Morgan fingerprint density at radius 1 is 1.11 bits per heavy atom. The summed E-state index contributed by atoms with van der Waals surface area (Å²) in [5, 5.41) is 0. The number of hydrogen-bond acceptors (Lipinski definition) is 3. The molecule has 1 aliphatic carbocycles. The number of hydrogen-bond donors (Lipinski definition) is 0. The van der Waals surface area contributed by atoms with E-state index in [0.717, 1.165) is 24.8 Å². The summed E-state index contributed by atoms with van der Waals surface area (Å²) in [5.74, 6) is 0.274. The lowest BCUT2D eigenvalue weighted by atomic mass is 9.86. The van der Waals surface area contributed by atoms with Gasteiger partial charge in [0.15, 0.2) is 12.2 Å². The lowest BCUT2D eigenvalue weighted by Crippen LogP contribution is -2.25. The van der Waals surface area contributed by atoms with Crippen LogP contribution in [0.3, 0.4) is 0 Å². The third-order valence-electron chi connectivity index (χ3n) is 3.60. The Kier molecular flexibility index (Phi) is 3.05. The second-order valence-corrected chi connectivity index (χ2v) is 4.80. The molecule has 1 saturated heterocycles. The molecule has 3 nitrogen and oxygen atoms in total. The van der Waals surface area contributed by atoms with Gasteiger partial charge in [-0.3, -0.25) is 0 Å². The van der Waals surface area contributed by atoms with Crippen molar-refractivity contribution in [3.8, 4) is 0 Å². The fourth-order valence-electron chi connectivity index (χ4n) is 2.70. The van der Waals surface area contributed by atoms with Gasteiger partial charge in [-0.15, -0.1) is 0 Å². The summed E-state index contributed by atoms with van der Waals surface area (Å²) in [4.78, 5) is 11.4. The van der Waals surface area contributed by atoms with Gasteiger partial charge >= 0.3 is 6.16 Å². The van der Waals surface area contributed by atoms with Gasteiger partial charge in [0.05, 0.1) is 0 Å². The van der Waals surface area contributed by atoms with Crippen molar-refractivity contribution in [3.63, 3.8) is 0 Å². The van der Waals surface area contributed by atoms with Gasteiger partial charge < -0.3 is 9.47 Å². The van der Waals surface area contributed by atoms with Gasteiger partial charge in [-0.1, -0.05) is 42.5 Å². The smallest absolute Gasteiger partial charge is 0.426 e. The molecule has 2 aliphatic rings. The van der Waals surface area contributed by atoms with Crippen LogP contribution in [0.15, 0.2) is 42.5 Å². The summed E-state index contributed by atoms with van der Waals surface area (Å²) in [6, 6.07) is 9.82. The van der Waals surface area contributed by atoms with Crippen LogP contribution >= 0.6 is 0 Å². The molecule has 0 amide bonds. The molecule has 1 aliphatic heterocycles. The van der Waals surface area contributed by atoms with Crippen LogP contribution in [0.5, 0.6) is 0 Å². The zero-order valence-electron chi connectivity index (χ0n) is 10.1. The second kappa shape index (κ2) is 4.84. The summed E-state index contributed by atoms with van der Waals surface area (Å²) >= 11 is 0. The first kappa shape index (κ1) is 11.3. The lowest BCUT2D eigenvalue weighted by molar-refractivity contribution is 0.100. The normalized spacial score (nSPS) is 30.9. The van der Waals surface area contributed by atoms with E-state index in [1.54, 1.807) is 0 Å². The molecule has 1 aromatic carbocycles. The highest BCUT2D eigenvalue weighted by Gasteiger charge is 2.41. The largest absolute Gasteiger partial charge is 0.509 e. The monoisotopic (exact) mass is 244 g/mol. The molecule has 3 rings (SSSR count). The van der Waals surface area contributed by atoms with Gasteiger partial charge in [0, 0.05) is 5.92 Å². The first-order valence-electron chi connectivity index (χ1n) is 6.43. The fourth-order valence-corrected chi connectivity index (χ4v) is 2.70. The number of rotatable bonds is 2. The molecule has 0 spiro atoms. The van der Waals surface area contributed by atoms with Crippen LogP contribution in [0.1, 0.15) is 30.9 Å². The van der Waals surface area contributed by atoms with Crippen LogP contribution in [0, 0.1) is 5.92 Å². The minimum atomic E-state index is -0.548. The molecule has 3 atom stereocenters. The lowest BCUT2D eigenvalue weighted by Gasteiger charge is -2.24. The van der Waals surface area contributed by atoms with E-state index in [-0.39, 0.29) is 18.1 Å². The van der Waals surface area contributed by atoms with Crippen molar-refractivity contribution in [3.05, 3.63) is 48.0 Å². The number of carbonyl (C=O) groups excluding carboxylic acids is 1. The first-order valence-corrected chi connectivity index (χ1v) is 6.43. The van der Waals surface area contributed by atoms with Crippen LogP contribution in [-0.4, -0.2) is 12.3 Å². The highest BCUT2D eigenvalue weighted by molar-refractivity contribution is 5.63. The van der Waals surface area contributed by atoms with Crippen molar-refractivity contribution in [1.29, 1.82) is 0 Å². The fraction of sp³-hybridized carbons (Fsp3) is 0.400. The molecule has 1 heterocycles. The van der Waals surface area contributed by atoms with Crippen molar-refractivity contribution in [2.45, 2.75) is 31.5 Å². The molecule has 1 fully saturated rings. The molecule has 0 saturated carbocycles. The van der Waals surface area contributed by atoms with Crippen LogP contribution in [0.2, 0.25) is 0 Å². The third-order valence-corrected chi connectivity index (χ3v) is 3.60. The minimum Gasteiger partial charge on any atom is -0.426 e. The van der Waals surface area contributed by atoms with E-state index in [1.807, 2.05) is 30.3 Å². The third kappa shape index (κ3) is 2.13. The molecule has 3 heteroatoms. The number of benzene rings is 1. The highest BCUT2D eigenvalue weighted by Crippen LogP contribution is 2.37. The van der Waals surface area contributed by atoms with Crippen LogP contribution in [-0.2, 0) is 9.47 Å². The van der Waals surface area contributed by atoms with Gasteiger partial charge in [-0.2, -0.15) is 0 Å². The van der Waals surface area contributed by atoms with E-state index in [1.165, 1.54) is 0 Å². The number of cyclic esters (lactones) is 2. The predicted octanol–water partition coefficient (Wildman–Crippen LogP) is 3.62. The highest BCUT2D eigenvalue weighted by atomic mass is 16.8. The van der Waals surface area contributed by atoms with E-state index in [2.05, 4.69) is 12.2 Å². The maximum atomic E-state index is 11.4. The summed E-state index contributed by atoms with van der Waals surface area (Å²) in [6.07, 6.45) is 6.65. The minimum absolute atomic E-state index is 0.184. The number of allylic oxidation sites excluding steroid dienone is 1. The maximum Gasteiger partial charge on any atom is 0.509 e. The Hall–Kier alpha value is -1.77. The quantitative estimate of drug-likeness (QED) is 0.588. The zero-order chi connectivity index (χ0) is 12.4. The average Bonchev–Trinajstić information content (AvgIpc) is 2.83. The van der Waals surface area contributed by atoms with Gasteiger partial charge in [-0.05, 0) is 24.8 Å². The van der Waals surface area contributed by atoms with Crippen molar-refractivity contribution < 1.29 is 14.3 Å². The van der Waals surface area contributed by atoms with Crippen LogP contribution in [0.4, 0.5) is 4.79 Å². The molecule has 0 bridgehead atoms. The molecular formula is C15H16O3. The SMILES string of the molecule is O=C1OC(c2ccccc2)C(C2C=CCCC2)O1. The number of ether oxygens (including phenoxy) is 2. The van der Waals surface area contributed by atoms with Crippen LogP contribution in [0.25, 0.3) is 0 Å². The van der Waals surface area contributed by atoms with E-state index in [9.17, 15) is 4.79 Å². The van der Waals surface area contributed by atoms with Crippen molar-refractivity contribution >= 4 is 6.16 Å². The molecule has 1 aromatic rings. The number of carbonyl (C=O) groups is 1. The maximum absolute atomic E-state index is 11.4. The Morgan fingerprint density at radius 3 is 2.67 bits per heavy atom. The van der Waals surface area contributed by atoms with Crippen molar-refractivity contribution in [2.24, 2.45) is 5.92 Å². The molecule has 0 radical (unpaired) electrons. The molecular weight excluding hydrogens is 228 g/mol. The molecule has 18 heavy (non-hydrogen) atoms. The Labute approximate surface area is 106 Å². The standard InChI is InChI=1S/C15H16O3/c16-15-17-13(11-7-3-1-4-8-11)14(18-15)12-9-5-2-6-10-12/h1,3-5,7-9,12-14H,2,6,10H2. The van der Waals surface area contributed by atoms with E-state index in [0.29, 0.717) is 0 Å². The zero-order valence-corrected chi connectivity index (χ0v) is 10.1. The van der Waals surface area contributed by atoms with Gasteiger partial charge in [0.1, 0.15) is 0 Å². The summed E-state index contributed by atoms with van der Waals surface area (Å²) < 4.78 is 10.7. The van der Waals surface area contributed by atoms with Crippen molar-refractivity contribution in [2.75, 3.05) is 0 Å². The summed E-state index contributed by atoms with van der Waals surface area (Å²) in [6.45, 7) is 0. The van der Waals surface area contributed by atoms with Gasteiger partial charge in [-0.25, -0.2) is 4.79 Å². The molecule has 0 aromatic heterocycles. The molecule has 3 unspecified atom stereocenters. The second-order valence-electron chi connectivity index (χ2n) is 4.80. The molecule has 94 valence electrons. The van der Waals surface area contributed by atoms with Gasteiger partial charge in [0.25, 0.3) is 0 Å². The summed E-state index contributed by atoms with van der Waals surface area (Å²) in [7, 11) is 0.